The lowest BCUT2D eigenvalue weighted by Crippen LogP contribution is -2.45. The Bertz CT molecular complexity index is 792. The van der Waals surface area contributed by atoms with E-state index >= 15 is 0 Å². The molecule has 1 aromatic rings. The molecule has 0 N–H and O–H groups in total. The van der Waals surface area contributed by atoms with Crippen LogP contribution in [0.3, 0.4) is 0 Å². The van der Waals surface area contributed by atoms with Gasteiger partial charge in [-0.25, -0.2) is 0 Å². The molecule has 0 unspecified atom stereocenters. The lowest BCUT2D eigenvalue weighted by molar-refractivity contribution is -0.151. The molecule has 1 aliphatic heterocycles. The number of hydrogen-bond acceptors (Lipinski definition) is 6. The summed E-state index contributed by atoms with van der Waals surface area (Å²) in [7, 11) is 3.11. The molecule has 1 saturated heterocycles. The van der Waals surface area contributed by atoms with Crippen LogP contribution in [0, 0.1) is 5.92 Å². The van der Waals surface area contributed by atoms with Crippen molar-refractivity contribution in [1.82, 2.24) is 9.80 Å². The molecule has 0 saturated carbocycles. The highest BCUT2D eigenvalue weighted by molar-refractivity contribution is 9.10. The molecule has 0 atom stereocenters. The molecule has 2 amide bonds. The van der Waals surface area contributed by atoms with Crippen molar-refractivity contribution in [2.24, 2.45) is 5.92 Å². The monoisotopic (exact) mass is 498 g/mol. The summed E-state index contributed by atoms with van der Waals surface area (Å²) in [5.41, 5.74) is 0.392. The Morgan fingerprint density at radius 1 is 1.19 bits per heavy atom. The van der Waals surface area contributed by atoms with Gasteiger partial charge in [-0.15, -0.1) is 0 Å². The molecule has 1 aromatic carbocycles. The van der Waals surface area contributed by atoms with Crippen molar-refractivity contribution < 1.29 is 28.6 Å². The van der Waals surface area contributed by atoms with Gasteiger partial charge in [-0.2, -0.15) is 0 Å². The van der Waals surface area contributed by atoms with Crippen LogP contribution in [0.4, 0.5) is 0 Å². The number of rotatable bonds is 9. The number of esters is 1. The van der Waals surface area contributed by atoms with Gasteiger partial charge in [-0.3, -0.25) is 14.4 Å². The third-order valence-corrected chi connectivity index (χ3v) is 5.70. The molecule has 0 radical (unpaired) electrons. The minimum absolute atomic E-state index is 0.0447. The second-order valence-corrected chi connectivity index (χ2v) is 8.26. The van der Waals surface area contributed by atoms with Gasteiger partial charge in [0, 0.05) is 25.7 Å². The number of amides is 2. The van der Waals surface area contributed by atoms with Gasteiger partial charge in [-0.1, -0.05) is 6.92 Å². The summed E-state index contributed by atoms with van der Waals surface area (Å²) in [6, 6.07) is 3.28. The van der Waals surface area contributed by atoms with E-state index in [1.54, 1.807) is 31.0 Å². The van der Waals surface area contributed by atoms with Crippen LogP contribution in [0.5, 0.6) is 11.5 Å². The zero-order valence-corrected chi connectivity index (χ0v) is 20.2. The molecular weight excluding hydrogens is 468 g/mol. The summed E-state index contributed by atoms with van der Waals surface area (Å²) in [5, 5.41) is 0. The highest BCUT2D eigenvalue weighted by Gasteiger charge is 2.29. The number of ether oxygens (including phenoxy) is 3. The standard InChI is InChI=1S/C22H31BrN2O6/c1-5-11-31-20-17(23)12-16(13-18(20)29-4)21(27)24(3)14-19(26)25-9-7-15(8-10-25)22(28)30-6-2/h12-13,15H,5-11,14H2,1-4H3. The van der Waals surface area contributed by atoms with Crippen LogP contribution in [0.25, 0.3) is 0 Å². The van der Waals surface area contributed by atoms with Crippen molar-refractivity contribution in [2.45, 2.75) is 33.1 Å². The molecule has 0 aliphatic carbocycles. The van der Waals surface area contributed by atoms with E-state index in [1.807, 2.05) is 6.92 Å². The molecule has 1 heterocycles. The summed E-state index contributed by atoms with van der Waals surface area (Å²) < 4.78 is 16.8. The first-order valence-corrected chi connectivity index (χ1v) is 11.3. The Hall–Kier alpha value is -2.29. The maximum Gasteiger partial charge on any atom is 0.309 e. The fourth-order valence-corrected chi connectivity index (χ4v) is 3.96. The fourth-order valence-electron chi connectivity index (χ4n) is 3.41. The average molecular weight is 499 g/mol. The van der Waals surface area contributed by atoms with Gasteiger partial charge in [0.05, 0.1) is 37.3 Å². The van der Waals surface area contributed by atoms with E-state index < -0.39 is 0 Å². The van der Waals surface area contributed by atoms with Crippen molar-refractivity contribution >= 4 is 33.7 Å². The van der Waals surface area contributed by atoms with E-state index in [0.717, 1.165) is 6.42 Å². The van der Waals surface area contributed by atoms with Crippen molar-refractivity contribution in [3.05, 3.63) is 22.2 Å². The maximum absolute atomic E-state index is 12.9. The maximum atomic E-state index is 12.9. The van der Waals surface area contributed by atoms with Crippen LogP contribution in [0.15, 0.2) is 16.6 Å². The topological polar surface area (TPSA) is 85.4 Å². The molecule has 0 bridgehead atoms. The number of hydrogen-bond donors (Lipinski definition) is 0. The molecule has 0 spiro atoms. The summed E-state index contributed by atoms with van der Waals surface area (Å²) in [4.78, 5) is 40.5. The molecule has 2 rings (SSSR count). The SMILES string of the molecule is CCCOc1c(Br)cc(C(=O)N(C)CC(=O)N2CCC(C(=O)OCC)CC2)cc1OC. The van der Waals surface area contributed by atoms with Crippen LogP contribution in [-0.2, 0) is 14.3 Å². The first-order chi connectivity index (χ1) is 14.8. The lowest BCUT2D eigenvalue weighted by Gasteiger charge is -2.32. The number of halogens is 1. The molecule has 1 aliphatic rings. The number of benzene rings is 1. The number of likely N-dealkylation sites (N-methyl/N-ethyl adjacent to an activating group) is 1. The van der Waals surface area contributed by atoms with Gasteiger partial charge in [0.15, 0.2) is 11.5 Å². The molecule has 8 nitrogen and oxygen atoms in total. The van der Waals surface area contributed by atoms with Crippen LogP contribution in [0.1, 0.15) is 43.5 Å². The van der Waals surface area contributed by atoms with E-state index in [9.17, 15) is 14.4 Å². The van der Waals surface area contributed by atoms with Gasteiger partial charge in [0.25, 0.3) is 5.91 Å². The predicted molar refractivity (Wildman–Crippen MR) is 119 cm³/mol. The first-order valence-electron chi connectivity index (χ1n) is 10.5. The van der Waals surface area contributed by atoms with Gasteiger partial charge >= 0.3 is 5.97 Å². The lowest BCUT2D eigenvalue weighted by atomic mass is 9.97. The zero-order valence-electron chi connectivity index (χ0n) is 18.6. The number of nitrogens with zero attached hydrogens (tertiary/aromatic N) is 2. The normalized spacial score (nSPS) is 14.2. The molecular formula is C22H31BrN2O6. The summed E-state index contributed by atoms with van der Waals surface area (Å²) >= 11 is 3.44. The Morgan fingerprint density at radius 2 is 1.87 bits per heavy atom. The molecule has 9 heteroatoms. The predicted octanol–water partition coefficient (Wildman–Crippen LogP) is 3.12. The fraction of sp³-hybridized carbons (Fsp3) is 0.591. The van der Waals surface area contributed by atoms with E-state index in [-0.39, 0.29) is 30.2 Å². The van der Waals surface area contributed by atoms with Crippen LogP contribution in [-0.4, -0.2) is 74.6 Å². The van der Waals surface area contributed by atoms with Crippen LogP contribution >= 0.6 is 15.9 Å². The van der Waals surface area contributed by atoms with Gasteiger partial charge in [0.1, 0.15) is 0 Å². The highest BCUT2D eigenvalue weighted by atomic mass is 79.9. The molecule has 172 valence electrons. The third kappa shape index (κ3) is 6.59. The number of carbonyl (C=O) groups excluding carboxylic acids is 3. The molecule has 0 aromatic heterocycles. The van der Waals surface area contributed by atoms with Crippen molar-refractivity contribution in [1.29, 1.82) is 0 Å². The second-order valence-electron chi connectivity index (χ2n) is 7.41. The van der Waals surface area contributed by atoms with E-state index in [0.29, 0.717) is 60.7 Å². The number of carbonyl (C=O) groups is 3. The number of likely N-dealkylation sites (tertiary alicyclic amines) is 1. The van der Waals surface area contributed by atoms with E-state index in [4.69, 9.17) is 14.2 Å². The van der Waals surface area contributed by atoms with Gasteiger partial charge in [-0.05, 0) is 54.2 Å². The third-order valence-electron chi connectivity index (χ3n) is 5.11. The Labute approximate surface area is 191 Å². The highest BCUT2D eigenvalue weighted by Crippen LogP contribution is 2.37. The Balaban J connectivity index is 1.98. The van der Waals surface area contributed by atoms with Crippen LogP contribution < -0.4 is 9.47 Å². The molecule has 31 heavy (non-hydrogen) atoms. The van der Waals surface area contributed by atoms with E-state index in [2.05, 4.69) is 15.9 Å². The largest absolute Gasteiger partial charge is 0.493 e. The van der Waals surface area contributed by atoms with Crippen molar-refractivity contribution in [3.8, 4) is 11.5 Å². The van der Waals surface area contributed by atoms with Gasteiger partial charge in [0.2, 0.25) is 5.91 Å². The second kappa shape index (κ2) is 11.9. The Kier molecular flexibility index (Phi) is 9.61. The molecule has 1 fully saturated rings. The van der Waals surface area contributed by atoms with E-state index in [1.165, 1.54) is 12.0 Å². The van der Waals surface area contributed by atoms with Crippen molar-refractivity contribution in [3.63, 3.8) is 0 Å². The quantitative estimate of drug-likeness (QED) is 0.486. The van der Waals surface area contributed by atoms with Crippen molar-refractivity contribution in [2.75, 3.05) is 47.0 Å². The van der Waals surface area contributed by atoms with Crippen LogP contribution in [0.2, 0.25) is 0 Å². The summed E-state index contributed by atoms with van der Waals surface area (Å²) in [5.74, 6) is 0.188. The average Bonchev–Trinajstić information content (AvgIpc) is 2.77. The Morgan fingerprint density at radius 3 is 2.45 bits per heavy atom. The first kappa shape index (κ1) is 25.0. The minimum Gasteiger partial charge on any atom is -0.493 e. The minimum atomic E-state index is -0.296. The summed E-state index contributed by atoms with van der Waals surface area (Å²) in [6.45, 7) is 5.59. The summed E-state index contributed by atoms with van der Waals surface area (Å²) in [6.07, 6.45) is 2.00. The smallest absolute Gasteiger partial charge is 0.309 e. The van der Waals surface area contributed by atoms with Gasteiger partial charge < -0.3 is 24.0 Å². The zero-order chi connectivity index (χ0) is 23.0. The number of methoxy groups -OCH3 is 1. The number of piperidine rings is 1.